The van der Waals surface area contributed by atoms with Crippen LogP contribution < -0.4 is 5.73 Å². The van der Waals surface area contributed by atoms with Gasteiger partial charge in [0.15, 0.2) is 0 Å². The van der Waals surface area contributed by atoms with Gasteiger partial charge in [-0.3, -0.25) is 0 Å². The van der Waals surface area contributed by atoms with E-state index in [1.165, 1.54) is 0 Å². The molecule has 88 valence electrons. The third-order valence-corrected chi connectivity index (χ3v) is 2.61. The molecule has 0 bridgehead atoms. The summed E-state index contributed by atoms with van der Waals surface area (Å²) in [5.41, 5.74) is 7.52. The number of carbonyl (C=O) groups excluding carboxylic acids is 1. The standard InChI is InChI=1S/C11H14BrNO3/c1-7-9(5-8(12)6-10(7)13)11(14)16-4-3-15-2/h5-6H,3-4,13H2,1-2H3. The van der Waals surface area contributed by atoms with Gasteiger partial charge in [-0.05, 0) is 24.6 Å². The molecule has 0 radical (unpaired) electrons. The van der Waals surface area contributed by atoms with Gasteiger partial charge >= 0.3 is 5.97 Å². The first-order chi connectivity index (χ1) is 7.56. The van der Waals surface area contributed by atoms with E-state index in [9.17, 15) is 4.79 Å². The van der Waals surface area contributed by atoms with Crippen LogP contribution in [0.15, 0.2) is 16.6 Å². The zero-order valence-electron chi connectivity index (χ0n) is 9.25. The SMILES string of the molecule is COCCOC(=O)c1cc(Br)cc(N)c1C. The Hall–Kier alpha value is -1.07. The highest BCUT2D eigenvalue weighted by molar-refractivity contribution is 9.10. The van der Waals surface area contributed by atoms with Gasteiger partial charge in [0, 0.05) is 17.3 Å². The molecule has 0 aliphatic carbocycles. The molecule has 0 unspecified atom stereocenters. The molecule has 0 aliphatic heterocycles. The molecule has 0 heterocycles. The molecule has 0 saturated heterocycles. The van der Waals surface area contributed by atoms with Gasteiger partial charge < -0.3 is 15.2 Å². The fourth-order valence-electron chi connectivity index (χ4n) is 1.21. The highest BCUT2D eigenvalue weighted by Gasteiger charge is 2.13. The molecule has 0 aliphatic rings. The Morgan fingerprint density at radius 1 is 1.44 bits per heavy atom. The maximum atomic E-state index is 11.7. The van der Waals surface area contributed by atoms with Crippen molar-refractivity contribution < 1.29 is 14.3 Å². The van der Waals surface area contributed by atoms with Gasteiger partial charge in [0.2, 0.25) is 0 Å². The molecule has 0 atom stereocenters. The number of carbonyl (C=O) groups is 1. The first-order valence-corrected chi connectivity index (χ1v) is 5.57. The highest BCUT2D eigenvalue weighted by atomic mass is 79.9. The fourth-order valence-corrected chi connectivity index (χ4v) is 1.68. The lowest BCUT2D eigenvalue weighted by Crippen LogP contribution is -2.12. The topological polar surface area (TPSA) is 61.5 Å². The molecule has 5 heteroatoms. The van der Waals surface area contributed by atoms with Crippen LogP contribution in [0.2, 0.25) is 0 Å². The van der Waals surface area contributed by atoms with Crippen LogP contribution in [0.4, 0.5) is 5.69 Å². The zero-order valence-corrected chi connectivity index (χ0v) is 10.8. The van der Waals surface area contributed by atoms with Crippen LogP contribution >= 0.6 is 15.9 Å². The van der Waals surface area contributed by atoms with Gasteiger partial charge in [-0.2, -0.15) is 0 Å². The van der Waals surface area contributed by atoms with E-state index in [4.69, 9.17) is 15.2 Å². The third-order valence-electron chi connectivity index (χ3n) is 2.15. The molecule has 0 saturated carbocycles. The number of anilines is 1. The third kappa shape index (κ3) is 3.21. The normalized spacial score (nSPS) is 10.2. The van der Waals surface area contributed by atoms with Crippen molar-refractivity contribution in [3.63, 3.8) is 0 Å². The molecule has 1 aromatic rings. The Morgan fingerprint density at radius 2 is 2.12 bits per heavy atom. The number of nitrogens with two attached hydrogens (primary N) is 1. The molecule has 0 aromatic heterocycles. The van der Waals surface area contributed by atoms with Gasteiger partial charge in [0.25, 0.3) is 0 Å². The number of ether oxygens (including phenoxy) is 2. The number of hydrogen-bond acceptors (Lipinski definition) is 4. The Balaban J connectivity index is 2.82. The maximum Gasteiger partial charge on any atom is 0.338 e. The largest absolute Gasteiger partial charge is 0.460 e. The van der Waals surface area contributed by atoms with Gasteiger partial charge in [-0.15, -0.1) is 0 Å². The quantitative estimate of drug-likeness (QED) is 0.524. The molecular weight excluding hydrogens is 274 g/mol. The van der Waals surface area contributed by atoms with E-state index in [1.54, 1.807) is 26.2 Å². The molecule has 4 nitrogen and oxygen atoms in total. The van der Waals surface area contributed by atoms with Crippen molar-refractivity contribution >= 4 is 27.6 Å². The summed E-state index contributed by atoms with van der Waals surface area (Å²) in [7, 11) is 1.55. The van der Waals surface area contributed by atoms with Crippen LogP contribution in [0.5, 0.6) is 0 Å². The minimum Gasteiger partial charge on any atom is -0.460 e. The average Bonchev–Trinajstić information content (AvgIpc) is 2.23. The lowest BCUT2D eigenvalue weighted by atomic mass is 10.1. The number of hydrogen-bond donors (Lipinski definition) is 1. The van der Waals surface area contributed by atoms with Crippen molar-refractivity contribution in [3.05, 3.63) is 27.7 Å². The van der Waals surface area contributed by atoms with E-state index in [0.29, 0.717) is 17.9 Å². The van der Waals surface area contributed by atoms with Crippen molar-refractivity contribution in [3.8, 4) is 0 Å². The highest BCUT2D eigenvalue weighted by Crippen LogP contribution is 2.23. The number of benzene rings is 1. The van der Waals surface area contributed by atoms with Crippen molar-refractivity contribution in [2.75, 3.05) is 26.1 Å². The molecule has 0 fully saturated rings. The van der Waals surface area contributed by atoms with Crippen molar-refractivity contribution in [1.82, 2.24) is 0 Å². The molecule has 0 spiro atoms. The van der Waals surface area contributed by atoms with E-state index < -0.39 is 0 Å². The minimum atomic E-state index is -0.387. The van der Waals surface area contributed by atoms with Gasteiger partial charge in [-0.1, -0.05) is 15.9 Å². The molecule has 1 aromatic carbocycles. The second kappa shape index (κ2) is 5.86. The lowest BCUT2D eigenvalue weighted by molar-refractivity contribution is 0.0387. The minimum absolute atomic E-state index is 0.237. The summed E-state index contributed by atoms with van der Waals surface area (Å²) in [6, 6.07) is 3.45. The van der Waals surface area contributed by atoms with Crippen molar-refractivity contribution in [2.45, 2.75) is 6.92 Å². The average molecular weight is 288 g/mol. The van der Waals surface area contributed by atoms with Crippen molar-refractivity contribution in [1.29, 1.82) is 0 Å². The lowest BCUT2D eigenvalue weighted by Gasteiger charge is -2.09. The van der Waals surface area contributed by atoms with Crippen LogP contribution in [-0.2, 0) is 9.47 Å². The molecule has 2 N–H and O–H groups in total. The first-order valence-electron chi connectivity index (χ1n) is 4.78. The predicted molar refractivity (Wildman–Crippen MR) is 65.4 cm³/mol. The Labute approximate surface area is 103 Å². The van der Waals surface area contributed by atoms with E-state index in [0.717, 1.165) is 10.0 Å². The van der Waals surface area contributed by atoms with Crippen LogP contribution in [0.25, 0.3) is 0 Å². The molecular formula is C11H14BrNO3. The fraction of sp³-hybridized carbons (Fsp3) is 0.364. The van der Waals surface area contributed by atoms with Crippen LogP contribution in [-0.4, -0.2) is 26.3 Å². The second-order valence-electron chi connectivity index (χ2n) is 3.30. The summed E-state index contributed by atoms with van der Waals surface area (Å²) >= 11 is 3.28. The second-order valence-corrected chi connectivity index (χ2v) is 4.21. The van der Waals surface area contributed by atoms with Crippen LogP contribution in [0.1, 0.15) is 15.9 Å². The number of nitrogen functional groups attached to an aromatic ring is 1. The van der Waals surface area contributed by atoms with Crippen LogP contribution in [0.3, 0.4) is 0 Å². The van der Waals surface area contributed by atoms with E-state index in [-0.39, 0.29) is 12.6 Å². The molecule has 1 rings (SSSR count). The van der Waals surface area contributed by atoms with Gasteiger partial charge in [0.1, 0.15) is 6.61 Å². The zero-order chi connectivity index (χ0) is 12.1. The Kier molecular flexibility index (Phi) is 4.76. The van der Waals surface area contributed by atoms with Crippen LogP contribution in [0, 0.1) is 6.92 Å². The maximum absolute atomic E-state index is 11.7. The van der Waals surface area contributed by atoms with Gasteiger partial charge in [0.05, 0.1) is 12.2 Å². The Bertz CT molecular complexity index is 393. The van der Waals surface area contributed by atoms with Gasteiger partial charge in [-0.25, -0.2) is 4.79 Å². The summed E-state index contributed by atoms with van der Waals surface area (Å²) < 4.78 is 10.6. The number of methoxy groups -OCH3 is 1. The summed E-state index contributed by atoms with van der Waals surface area (Å²) in [6.07, 6.45) is 0. The molecule has 0 amide bonds. The van der Waals surface area contributed by atoms with E-state index in [1.807, 2.05) is 0 Å². The number of esters is 1. The van der Waals surface area contributed by atoms with E-state index >= 15 is 0 Å². The van der Waals surface area contributed by atoms with E-state index in [2.05, 4.69) is 15.9 Å². The summed E-state index contributed by atoms with van der Waals surface area (Å²) in [5.74, 6) is -0.387. The first kappa shape index (κ1) is 13.0. The summed E-state index contributed by atoms with van der Waals surface area (Å²) in [6.45, 7) is 2.41. The number of rotatable bonds is 4. The smallest absolute Gasteiger partial charge is 0.338 e. The monoisotopic (exact) mass is 287 g/mol. The number of halogens is 1. The summed E-state index contributed by atoms with van der Waals surface area (Å²) in [5, 5.41) is 0. The van der Waals surface area contributed by atoms with Crippen molar-refractivity contribution in [2.24, 2.45) is 0 Å². The summed E-state index contributed by atoms with van der Waals surface area (Å²) in [4.78, 5) is 11.7. The predicted octanol–water partition coefficient (Wildman–Crippen LogP) is 2.14. The molecule has 16 heavy (non-hydrogen) atoms. The Morgan fingerprint density at radius 3 is 2.75 bits per heavy atom.